The van der Waals surface area contributed by atoms with Gasteiger partial charge in [-0.05, 0) is 12.1 Å². The summed E-state index contributed by atoms with van der Waals surface area (Å²) < 4.78 is 5.13. The first kappa shape index (κ1) is 7.22. The van der Waals surface area contributed by atoms with E-state index in [2.05, 4.69) is 10.2 Å². The van der Waals surface area contributed by atoms with Crippen molar-refractivity contribution in [1.82, 2.24) is 10.2 Å². The van der Waals surface area contributed by atoms with Gasteiger partial charge in [0.25, 0.3) is 0 Å². The molecule has 60 valence electrons. The van der Waals surface area contributed by atoms with E-state index in [0.29, 0.717) is 0 Å². The fourth-order valence-electron chi connectivity index (χ4n) is 1.32. The Morgan fingerprint density at radius 2 is 2.33 bits per heavy atom. The van der Waals surface area contributed by atoms with Crippen molar-refractivity contribution in [2.45, 2.75) is 0 Å². The Morgan fingerprint density at radius 3 is 3.08 bits per heavy atom. The van der Waals surface area contributed by atoms with E-state index in [9.17, 15) is 0 Å². The quantitative estimate of drug-likeness (QED) is 0.588. The van der Waals surface area contributed by atoms with E-state index in [1.54, 1.807) is 13.3 Å². The van der Waals surface area contributed by atoms with Crippen molar-refractivity contribution in [1.29, 1.82) is 0 Å². The topological polar surface area (TPSA) is 37.9 Å². The Hall–Kier alpha value is -1.45. The first-order valence-corrected chi connectivity index (χ1v) is 3.79. The Balaban J connectivity index is 2.75. The number of rotatable bonds is 1. The number of benzene rings is 1. The minimum Gasteiger partial charge on any atom is -0.497 e. The van der Waals surface area contributed by atoms with Crippen molar-refractivity contribution < 1.29 is 4.74 Å². The van der Waals surface area contributed by atoms with E-state index < -0.39 is 0 Å². The maximum atomic E-state index is 5.13. The van der Waals surface area contributed by atoms with Gasteiger partial charge >= 0.3 is 0 Å². The fraction of sp³-hybridized carbons (Fsp3) is 0.125. The zero-order valence-electron chi connectivity index (χ0n) is 7.09. The summed E-state index contributed by atoms with van der Waals surface area (Å²) in [7, 11) is 3.70. The largest absolute Gasteiger partial charge is 0.497 e. The smallest absolute Gasteiger partial charge is 0.142 e. The van der Waals surface area contributed by atoms with Gasteiger partial charge < -0.3 is 4.74 Å². The molecule has 1 aromatic carbocycles. The third kappa shape index (κ3) is 0.960. The highest BCUT2D eigenvalue weighted by atomic mass is 16.5. The highest BCUT2D eigenvalue weighted by Crippen LogP contribution is 2.15. The van der Waals surface area contributed by atoms with Crippen LogP contribution in [-0.2, 0) is 0 Å². The second-order valence-corrected chi connectivity index (χ2v) is 2.78. The van der Waals surface area contributed by atoms with Crippen LogP contribution in [0.15, 0.2) is 18.3 Å². The van der Waals surface area contributed by atoms with Crippen LogP contribution in [0.1, 0.15) is 0 Å². The molecule has 0 aliphatic heterocycles. The highest BCUT2D eigenvalue weighted by Gasteiger charge is 2.01. The lowest BCUT2D eigenvalue weighted by atomic mass is 9.94. The molecule has 2 aromatic rings. The third-order valence-corrected chi connectivity index (χ3v) is 1.96. The first-order chi connectivity index (χ1) is 5.81. The molecule has 0 atom stereocenters. The van der Waals surface area contributed by atoms with Crippen molar-refractivity contribution in [2.24, 2.45) is 0 Å². The molecule has 0 aliphatic carbocycles. The molecule has 2 rings (SSSR count). The molecule has 1 aromatic heterocycles. The summed E-state index contributed by atoms with van der Waals surface area (Å²) in [6, 6.07) is 3.95. The van der Waals surface area contributed by atoms with Gasteiger partial charge in [-0.3, -0.25) is 5.10 Å². The Morgan fingerprint density at radius 1 is 1.50 bits per heavy atom. The van der Waals surface area contributed by atoms with Gasteiger partial charge in [-0.25, -0.2) is 0 Å². The van der Waals surface area contributed by atoms with Crippen LogP contribution >= 0.6 is 0 Å². The summed E-state index contributed by atoms with van der Waals surface area (Å²) in [5, 5.41) is 7.98. The molecule has 0 saturated carbocycles. The summed E-state index contributed by atoms with van der Waals surface area (Å²) in [6.07, 6.45) is 1.80. The van der Waals surface area contributed by atoms with E-state index in [-0.39, 0.29) is 0 Å². The van der Waals surface area contributed by atoms with Gasteiger partial charge in [0.15, 0.2) is 0 Å². The van der Waals surface area contributed by atoms with Gasteiger partial charge in [-0.1, -0.05) is 5.46 Å². The molecule has 0 saturated heterocycles. The van der Waals surface area contributed by atoms with Gasteiger partial charge in [-0.2, -0.15) is 5.10 Å². The summed E-state index contributed by atoms with van der Waals surface area (Å²) >= 11 is 0. The van der Waals surface area contributed by atoms with Gasteiger partial charge in [0.2, 0.25) is 0 Å². The van der Waals surface area contributed by atoms with Crippen LogP contribution in [-0.4, -0.2) is 25.2 Å². The SMILES string of the molecule is Bc1cc(OC)cc2cn[nH]c12. The molecule has 1 heterocycles. The number of fused-ring (bicyclic) bond motifs is 1. The lowest BCUT2D eigenvalue weighted by molar-refractivity contribution is 0.416. The van der Waals surface area contributed by atoms with Crippen molar-refractivity contribution in [3.05, 3.63) is 18.3 Å². The monoisotopic (exact) mass is 160 g/mol. The molecule has 1 N–H and O–H groups in total. The number of ether oxygens (including phenoxy) is 1. The number of aromatic amines is 1. The zero-order valence-corrected chi connectivity index (χ0v) is 7.09. The Kier molecular flexibility index (Phi) is 1.53. The minimum atomic E-state index is 0.876. The first-order valence-electron chi connectivity index (χ1n) is 3.79. The van der Waals surface area contributed by atoms with Crippen LogP contribution in [0.25, 0.3) is 10.9 Å². The molecule has 0 amide bonds. The van der Waals surface area contributed by atoms with E-state index in [0.717, 1.165) is 22.1 Å². The van der Waals surface area contributed by atoms with Crippen LogP contribution in [0.5, 0.6) is 5.75 Å². The van der Waals surface area contributed by atoms with Crippen LogP contribution < -0.4 is 10.2 Å². The maximum absolute atomic E-state index is 5.13. The lowest BCUT2D eigenvalue weighted by Crippen LogP contribution is -2.04. The number of hydrogen-bond acceptors (Lipinski definition) is 2. The predicted molar refractivity (Wildman–Crippen MR) is 50.8 cm³/mol. The molecular weight excluding hydrogens is 151 g/mol. The summed E-state index contributed by atoms with van der Waals surface area (Å²) in [5.74, 6) is 0.876. The molecule has 0 unspecified atom stereocenters. The molecular formula is C8H9BN2O. The normalized spacial score (nSPS) is 10.4. The molecule has 12 heavy (non-hydrogen) atoms. The standard InChI is InChI=1S/C8H9BN2O/c1-12-6-2-5-4-10-11-8(5)7(9)3-6/h2-4H,9H2,1H3,(H,10,11). The van der Waals surface area contributed by atoms with Crippen molar-refractivity contribution in [2.75, 3.05) is 7.11 Å². The number of H-pyrrole nitrogens is 1. The lowest BCUT2D eigenvalue weighted by Gasteiger charge is -2.01. The van der Waals surface area contributed by atoms with Gasteiger partial charge in [0.1, 0.15) is 13.6 Å². The maximum Gasteiger partial charge on any atom is 0.142 e. The second-order valence-electron chi connectivity index (χ2n) is 2.78. The molecule has 3 nitrogen and oxygen atoms in total. The molecule has 0 radical (unpaired) electrons. The molecule has 0 aliphatic rings. The van der Waals surface area contributed by atoms with Gasteiger partial charge in [0.05, 0.1) is 18.8 Å². The van der Waals surface area contributed by atoms with Crippen LogP contribution in [0, 0.1) is 0 Å². The van der Waals surface area contributed by atoms with E-state index in [1.807, 2.05) is 20.0 Å². The third-order valence-electron chi connectivity index (χ3n) is 1.96. The fourth-order valence-corrected chi connectivity index (χ4v) is 1.32. The van der Waals surface area contributed by atoms with E-state index >= 15 is 0 Å². The summed E-state index contributed by atoms with van der Waals surface area (Å²) in [6.45, 7) is 0. The number of methoxy groups -OCH3 is 1. The number of nitrogens with one attached hydrogen (secondary N) is 1. The molecule has 0 fully saturated rings. The number of aromatic nitrogens is 2. The van der Waals surface area contributed by atoms with Crippen LogP contribution in [0.4, 0.5) is 0 Å². The number of hydrogen-bond donors (Lipinski definition) is 1. The molecule has 0 bridgehead atoms. The van der Waals surface area contributed by atoms with E-state index in [4.69, 9.17) is 4.74 Å². The van der Waals surface area contributed by atoms with Crippen molar-refractivity contribution in [3.8, 4) is 5.75 Å². The average Bonchev–Trinajstić information content (AvgIpc) is 2.52. The highest BCUT2D eigenvalue weighted by molar-refractivity contribution is 6.38. The van der Waals surface area contributed by atoms with Crippen LogP contribution in [0.3, 0.4) is 0 Å². The number of nitrogens with zero attached hydrogens (tertiary/aromatic N) is 1. The minimum absolute atomic E-state index is 0.876. The van der Waals surface area contributed by atoms with Crippen LogP contribution in [0.2, 0.25) is 0 Å². The second kappa shape index (κ2) is 2.55. The summed E-state index contributed by atoms with van der Waals surface area (Å²) in [4.78, 5) is 0. The van der Waals surface area contributed by atoms with Gasteiger partial charge in [0, 0.05) is 5.39 Å². The Bertz CT molecular complexity index is 410. The zero-order chi connectivity index (χ0) is 8.55. The summed E-state index contributed by atoms with van der Waals surface area (Å²) in [5.41, 5.74) is 2.23. The molecule has 4 heteroatoms. The van der Waals surface area contributed by atoms with Crippen molar-refractivity contribution in [3.63, 3.8) is 0 Å². The van der Waals surface area contributed by atoms with Gasteiger partial charge in [-0.15, -0.1) is 0 Å². The predicted octanol–water partition coefficient (Wildman–Crippen LogP) is -0.170. The Labute approximate surface area is 71.1 Å². The average molecular weight is 160 g/mol. The van der Waals surface area contributed by atoms with E-state index in [1.165, 1.54) is 0 Å². The van der Waals surface area contributed by atoms with Crippen molar-refractivity contribution >= 4 is 24.2 Å². The molecule has 0 spiro atoms.